The van der Waals surface area contributed by atoms with Crippen LogP contribution in [0.15, 0.2) is 12.5 Å². The summed E-state index contributed by atoms with van der Waals surface area (Å²) in [5.74, 6) is 0.827. The number of urea groups is 1. The Balaban J connectivity index is 2.25. The number of hydrogen-bond donors (Lipinski definition) is 3. The van der Waals surface area contributed by atoms with Crippen LogP contribution in [-0.2, 0) is 0 Å². The fraction of sp³-hybridized carbons (Fsp3) is 0.556. The molecule has 1 aromatic rings. The minimum atomic E-state index is -0.500. The maximum atomic E-state index is 11.0. The summed E-state index contributed by atoms with van der Waals surface area (Å²) in [7, 11) is 0. The third-order valence-corrected chi connectivity index (χ3v) is 2.83. The molecule has 1 fully saturated rings. The average molecular weight is 210 g/mol. The molecule has 2 rings (SSSR count). The van der Waals surface area contributed by atoms with Crippen molar-refractivity contribution >= 4 is 11.8 Å². The lowest BCUT2D eigenvalue weighted by Crippen LogP contribution is -2.65. The van der Waals surface area contributed by atoms with Gasteiger partial charge in [-0.05, 0) is 19.3 Å². The number of nitrogens with two attached hydrogens (primary N) is 1. The van der Waals surface area contributed by atoms with E-state index in [4.69, 9.17) is 5.73 Å². The van der Waals surface area contributed by atoms with Crippen molar-refractivity contribution in [2.75, 3.05) is 13.1 Å². The topological polar surface area (TPSA) is 83.8 Å². The van der Waals surface area contributed by atoms with Crippen LogP contribution in [0.5, 0.6) is 0 Å². The fourth-order valence-corrected chi connectivity index (χ4v) is 2.15. The van der Waals surface area contributed by atoms with Crippen LogP contribution in [0.4, 0.5) is 10.6 Å². The summed E-state index contributed by atoms with van der Waals surface area (Å²) < 4.78 is 0.374. The Morgan fingerprint density at radius 3 is 2.73 bits per heavy atom. The summed E-state index contributed by atoms with van der Waals surface area (Å²) in [6.45, 7) is 1.71. The summed E-state index contributed by atoms with van der Waals surface area (Å²) in [5, 5.41) is 0. The van der Waals surface area contributed by atoms with Gasteiger partial charge in [-0.1, -0.05) is 0 Å². The highest BCUT2D eigenvalue weighted by atomic mass is 16.2. The molecule has 1 aliphatic rings. The van der Waals surface area contributed by atoms with E-state index in [0.717, 1.165) is 31.7 Å². The number of carbonyl (C=O) groups excluding carboxylic acids is 1. The summed E-state index contributed by atoms with van der Waals surface area (Å²) in [4.78, 5) is 18.1. The third kappa shape index (κ3) is 1.94. The smallest absolute Gasteiger partial charge is 0.348 e. The molecule has 1 aromatic heterocycles. The molecule has 1 saturated heterocycles. The summed E-state index contributed by atoms with van der Waals surface area (Å²) in [5.41, 5.74) is 8.00. The first-order valence-electron chi connectivity index (χ1n) is 5.17. The number of carbonyl (C=O) groups is 1. The second-order valence-corrected chi connectivity index (χ2v) is 3.88. The van der Waals surface area contributed by atoms with Gasteiger partial charge < -0.3 is 10.7 Å². The van der Waals surface area contributed by atoms with Crippen LogP contribution < -0.4 is 15.8 Å². The first kappa shape index (κ1) is 9.97. The lowest BCUT2D eigenvalue weighted by atomic mass is 10.1. The predicted molar refractivity (Wildman–Crippen MR) is 56.7 cm³/mol. The van der Waals surface area contributed by atoms with Crippen LogP contribution in [0.2, 0.25) is 0 Å². The van der Waals surface area contributed by atoms with Gasteiger partial charge in [0.25, 0.3) is 5.82 Å². The van der Waals surface area contributed by atoms with Crippen LogP contribution in [0.25, 0.3) is 0 Å². The maximum absolute atomic E-state index is 11.0. The molecule has 0 aromatic carbocycles. The Morgan fingerprint density at radius 2 is 2.20 bits per heavy atom. The number of hydrogen-bond acceptors (Lipinski definition) is 2. The van der Waals surface area contributed by atoms with Crippen molar-refractivity contribution in [2.45, 2.75) is 19.3 Å². The van der Waals surface area contributed by atoms with Crippen molar-refractivity contribution < 1.29 is 4.79 Å². The molecule has 0 atom stereocenters. The van der Waals surface area contributed by atoms with Crippen molar-refractivity contribution in [1.82, 2.24) is 20.0 Å². The van der Waals surface area contributed by atoms with Gasteiger partial charge in [0.15, 0.2) is 0 Å². The molecule has 0 spiro atoms. The van der Waals surface area contributed by atoms with Gasteiger partial charge >= 0.3 is 6.03 Å². The molecule has 0 saturated carbocycles. The number of aromatic amines is 1. The Kier molecular flexibility index (Phi) is 2.59. The number of H-pyrrole nitrogens is 1. The number of rotatable bonds is 2. The standard InChI is InChI=1S/C9H15N5O/c10-9(15)13-14(4-2-1-3-5-14)8-6-11-7-12-8/h6-7H,1-5H2,(H3-,10,11,12,13,15)/p+1. The highest BCUT2D eigenvalue weighted by Gasteiger charge is 2.36. The van der Waals surface area contributed by atoms with Gasteiger partial charge in [0.05, 0.1) is 12.5 Å². The molecular formula is C9H16N5O+. The van der Waals surface area contributed by atoms with E-state index >= 15 is 0 Å². The largest absolute Gasteiger partial charge is 0.356 e. The number of aromatic nitrogens is 2. The number of primary amides is 1. The lowest BCUT2D eigenvalue weighted by molar-refractivity contribution is 0.158. The number of nitrogens with one attached hydrogen (secondary N) is 2. The minimum absolute atomic E-state index is 0.374. The van der Waals surface area contributed by atoms with Gasteiger partial charge in [0.1, 0.15) is 13.1 Å². The number of amides is 2. The molecule has 1 aliphatic heterocycles. The van der Waals surface area contributed by atoms with E-state index in [1.807, 2.05) is 0 Å². The molecule has 0 bridgehead atoms. The number of quaternary nitrogens is 1. The van der Waals surface area contributed by atoms with E-state index in [0.29, 0.717) is 4.59 Å². The molecule has 0 radical (unpaired) electrons. The lowest BCUT2D eigenvalue weighted by Gasteiger charge is -2.37. The Hall–Kier alpha value is -1.56. The second kappa shape index (κ2) is 3.90. The molecule has 15 heavy (non-hydrogen) atoms. The first-order valence-corrected chi connectivity index (χ1v) is 5.17. The van der Waals surface area contributed by atoms with Crippen LogP contribution in [0, 0.1) is 0 Å². The Labute approximate surface area is 88.0 Å². The molecule has 2 amide bonds. The van der Waals surface area contributed by atoms with E-state index in [2.05, 4.69) is 15.4 Å². The number of piperidine rings is 1. The van der Waals surface area contributed by atoms with Gasteiger partial charge in [-0.3, -0.25) is 0 Å². The molecule has 2 heterocycles. The van der Waals surface area contributed by atoms with E-state index in [1.165, 1.54) is 6.42 Å². The predicted octanol–water partition coefficient (Wildman–Crippen LogP) is 0.484. The van der Waals surface area contributed by atoms with E-state index in [1.54, 1.807) is 12.5 Å². The van der Waals surface area contributed by atoms with Crippen molar-refractivity contribution in [1.29, 1.82) is 0 Å². The van der Waals surface area contributed by atoms with Crippen LogP contribution in [-0.4, -0.2) is 29.1 Å². The maximum Gasteiger partial charge on any atom is 0.356 e. The summed E-state index contributed by atoms with van der Waals surface area (Å²) >= 11 is 0. The van der Waals surface area contributed by atoms with E-state index < -0.39 is 6.03 Å². The zero-order valence-electron chi connectivity index (χ0n) is 8.57. The minimum Gasteiger partial charge on any atom is -0.348 e. The SMILES string of the molecule is NC(=O)N[N+]1(c2c[nH]cn2)CCCCC1. The van der Waals surface area contributed by atoms with Crippen LogP contribution >= 0.6 is 0 Å². The average Bonchev–Trinajstić information content (AvgIpc) is 2.71. The van der Waals surface area contributed by atoms with Crippen molar-refractivity contribution in [3.63, 3.8) is 0 Å². The van der Waals surface area contributed by atoms with Gasteiger partial charge in [-0.2, -0.15) is 15.0 Å². The monoisotopic (exact) mass is 210 g/mol. The molecule has 6 nitrogen and oxygen atoms in total. The van der Waals surface area contributed by atoms with E-state index in [-0.39, 0.29) is 0 Å². The zero-order chi connectivity index (χ0) is 10.7. The van der Waals surface area contributed by atoms with Crippen molar-refractivity contribution in [3.05, 3.63) is 12.5 Å². The fourth-order valence-electron chi connectivity index (χ4n) is 2.15. The molecule has 4 N–H and O–H groups in total. The molecule has 82 valence electrons. The summed E-state index contributed by atoms with van der Waals surface area (Å²) in [6, 6.07) is -0.500. The Bertz CT molecular complexity index is 328. The van der Waals surface area contributed by atoms with E-state index in [9.17, 15) is 4.79 Å². The highest BCUT2D eigenvalue weighted by Crippen LogP contribution is 2.23. The van der Waals surface area contributed by atoms with Gasteiger partial charge in [-0.15, -0.1) is 0 Å². The van der Waals surface area contributed by atoms with Crippen LogP contribution in [0.3, 0.4) is 0 Å². The molecular weight excluding hydrogens is 194 g/mol. The molecule has 0 aliphatic carbocycles. The first-order chi connectivity index (χ1) is 7.23. The Morgan fingerprint density at radius 1 is 1.47 bits per heavy atom. The van der Waals surface area contributed by atoms with Crippen LogP contribution in [0.1, 0.15) is 19.3 Å². The van der Waals surface area contributed by atoms with Gasteiger partial charge in [-0.25, -0.2) is 4.79 Å². The number of nitrogens with zero attached hydrogens (tertiary/aromatic N) is 2. The normalized spacial score (nSPS) is 19.7. The molecule has 6 heteroatoms. The quantitative estimate of drug-likeness (QED) is 0.620. The molecule has 0 unspecified atom stereocenters. The summed E-state index contributed by atoms with van der Waals surface area (Å²) in [6.07, 6.45) is 6.78. The zero-order valence-corrected chi connectivity index (χ0v) is 8.57. The van der Waals surface area contributed by atoms with Gasteiger partial charge in [0, 0.05) is 0 Å². The second-order valence-electron chi connectivity index (χ2n) is 3.88. The highest BCUT2D eigenvalue weighted by molar-refractivity contribution is 5.72. The number of imidazole rings is 1. The third-order valence-electron chi connectivity index (χ3n) is 2.83. The van der Waals surface area contributed by atoms with Crippen molar-refractivity contribution in [3.8, 4) is 0 Å². The van der Waals surface area contributed by atoms with Crippen molar-refractivity contribution in [2.24, 2.45) is 5.73 Å². The van der Waals surface area contributed by atoms with Gasteiger partial charge in [0.2, 0.25) is 0 Å².